The number of hydrogen-bond acceptors (Lipinski definition) is 4. The van der Waals surface area contributed by atoms with Crippen LogP contribution in [0.25, 0.3) is 0 Å². The maximum Gasteiger partial charge on any atom is 1.00 e. The van der Waals surface area contributed by atoms with Crippen molar-refractivity contribution in [1.29, 1.82) is 0 Å². The van der Waals surface area contributed by atoms with Gasteiger partial charge in [0.2, 0.25) is 0 Å². The van der Waals surface area contributed by atoms with Gasteiger partial charge in [0.15, 0.2) is 0 Å². The Morgan fingerprint density at radius 3 is 1.68 bits per heavy atom. The largest absolute Gasteiger partial charge is 1.00 e. The van der Waals surface area contributed by atoms with Gasteiger partial charge in [-0.2, -0.15) is 0 Å². The molecule has 2 unspecified atom stereocenters. The number of aliphatic hydroxyl groups excluding tert-OH is 1. The zero-order chi connectivity index (χ0) is 16.1. The molecule has 0 aliphatic rings. The summed E-state index contributed by atoms with van der Waals surface area (Å²) in [6.45, 7) is 3.88. The summed E-state index contributed by atoms with van der Waals surface area (Å²) in [5.41, 5.74) is 0. The minimum Gasteiger partial charge on any atom is -0.748 e. The first-order valence-electron chi connectivity index (χ1n) is 8.50. The van der Waals surface area contributed by atoms with E-state index in [1.807, 2.05) is 6.92 Å². The van der Waals surface area contributed by atoms with Gasteiger partial charge in [-0.05, 0) is 26.2 Å². The van der Waals surface area contributed by atoms with E-state index in [2.05, 4.69) is 6.92 Å². The van der Waals surface area contributed by atoms with Gasteiger partial charge in [-0.25, -0.2) is 8.42 Å². The van der Waals surface area contributed by atoms with E-state index in [1.54, 1.807) is 0 Å². The Balaban J connectivity index is 0. The summed E-state index contributed by atoms with van der Waals surface area (Å²) < 4.78 is 33.6. The van der Waals surface area contributed by atoms with Crippen LogP contribution in [0.15, 0.2) is 0 Å². The second kappa shape index (κ2) is 15.4. The molecule has 0 fully saturated rings. The molecule has 2 atom stereocenters. The molecule has 22 heavy (non-hydrogen) atoms. The first kappa shape index (κ1) is 25.1. The smallest absolute Gasteiger partial charge is 0.748 e. The standard InChI is InChI=1S/C16H34O4S.Na/c1-3-4-9-13-16(21(18,19)20)14-11-8-6-5-7-10-12-15(2)17;/h15-17H,3-14H2,1-2H3,(H,18,19,20);/q;+1/p-1. The quantitative estimate of drug-likeness (QED) is 0.290. The van der Waals surface area contributed by atoms with Gasteiger partial charge in [0.1, 0.15) is 0 Å². The van der Waals surface area contributed by atoms with E-state index in [0.29, 0.717) is 12.8 Å². The van der Waals surface area contributed by atoms with E-state index >= 15 is 0 Å². The van der Waals surface area contributed by atoms with Crippen LogP contribution in [0.5, 0.6) is 0 Å². The van der Waals surface area contributed by atoms with Crippen molar-refractivity contribution < 1.29 is 47.6 Å². The fourth-order valence-corrected chi connectivity index (χ4v) is 3.48. The molecular formula is C16H33NaO4S. The second-order valence-corrected chi connectivity index (χ2v) is 7.81. The van der Waals surface area contributed by atoms with Crippen molar-refractivity contribution in [2.45, 2.75) is 102 Å². The van der Waals surface area contributed by atoms with E-state index in [9.17, 15) is 13.0 Å². The molecule has 0 heterocycles. The van der Waals surface area contributed by atoms with Crippen molar-refractivity contribution in [3.05, 3.63) is 0 Å². The number of rotatable bonds is 14. The first-order chi connectivity index (χ1) is 9.88. The van der Waals surface area contributed by atoms with E-state index in [-0.39, 0.29) is 35.7 Å². The molecule has 0 aromatic heterocycles. The average Bonchev–Trinajstić information content (AvgIpc) is 2.38. The van der Waals surface area contributed by atoms with Crippen LogP contribution >= 0.6 is 0 Å². The number of unbranched alkanes of at least 4 members (excludes halogenated alkanes) is 7. The van der Waals surface area contributed by atoms with Crippen LogP contribution in [0.2, 0.25) is 0 Å². The van der Waals surface area contributed by atoms with E-state index in [4.69, 9.17) is 5.11 Å². The molecule has 0 amide bonds. The van der Waals surface area contributed by atoms with Crippen molar-refractivity contribution in [2.24, 2.45) is 0 Å². The summed E-state index contributed by atoms with van der Waals surface area (Å²) >= 11 is 0. The van der Waals surface area contributed by atoms with Crippen LogP contribution in [0, 0.1) is 0 Å². The van der Waals surface area contributed by atoms with Gasteiger partial charge in [0, 0.05) is 5.25 Å². The molecule has 0 bridgehead atoms. The van der Waals surface area contributed by atoms with E-state index < -0.39 is 15.4 Å². The predicted molar refractivity (Wildman–Crippen MR) is 86.2 cm³/mol. The second-order valence-electron chi connectivity index (χ2n) is 6.16. The molecule has 0 rings (SSSR count). The molecule has 128 valence electrons. The molecule has 6 heteroatoms. The van der Waals surface area contributed by atoms with Gasteiger partial charge in [0.05, 0.1) is 16.2 Å². The third-order valence-electron chi connectivity index (χ3n) is 3.94. The minimum absolute atomic E-state index is 0. The fourth-order valence-electron chi connectivity index (χ4n) is 2.57. The molecule has 0 aliphatic heterocycles. The van der Waals surface area contributed by atoms with Crippen LogP contribution in [0.3, 0.4) is 0 Å². The zero-order valence-electron chi connectivity index (χ0n) is 14.7. The molecule has 4 nitrogen and oxygen atoms in total. The predicted octanol–water partition coefficient (Wildman–Crippen LogP) is 0.986. The maximum absolute atomic E-state index is 11.2. The van der Waals surface area contributed by atoms with Crippen molar-refractivity contribution in [1.82, 2.24) is 0 Å². The molecule has 0 aliphatic carbocycles. The Hall–Kier alpha value is 0.870. The van der Waals surface area contributed by atoms with Gasteiger partial charge in [-0.3, -0.25) is 0 Å². The summed E-state index contributed by atoms with van der Waals surface area (Å²) in [5.74, 6) is 0. The van der Waals surface area contributed by atoms with Crippen molar-refractivity contribution in [2.75, 3.05) is 0 Å². The normalized spacial score (nSPS) is 14.4. The summed E-state index contributed by atoms with van der Waals surface area (Å²) in [5, 5.41) is 8.45. The van der Waals surface area contributed by atoms with E-state index in [1.165, 1.54) is 0 Å². The molecule has 0 spiro atoms. The van der Waals surface area contributed by atoms with Crippen LogP contribution < -0.4 is 29.6 Å². The third kappa shape index (κ3) is 15.8. The summed E-state index contributed by atoms with van der Waals surface area (Å²) in [4.78, 5) is 0. The SMILES string of the molecule is CCCCCC(CCCCCCCCC(C)O)S(=O)(=O)[O-].[Na+]. The number of hydrogen-bond donors (Lipinski definition) is 1. The molecule has 0 aromatic carbocycles. The van der Waals surface area contributed by atoms with Crippen molar-refractivity contribution in [3.63, 3.8) is 0 Å². The summed E-state index contributed by atoms with van der Waals surface area (Å²) in [7, 11) is -4.13. The Morgan fingerprint density at radius 1 is 0.864 bits per heavy atom. The van der Waals surface area contributed by atoms with Gasteiger partial charge in [-0.15, -0.1) is 0 Å². The van der Waals surface area contributed by atoms with Gasteiger partial charge < -0.3 is 9.66 Å². The minimum atomic E-state index is -4.13. The van der Waals surface area contributed by atoms with Crippen LogP contribution in [-0.2, 0) is 10.1 Å². The Labute approximate surface area is 159 Å². The van der Waals surface area contributed by atoms with Crippen LogP contribution in [0.1, 0.15) is 90.9 Å². The molecule has 1 N–H and O–H groups in total. The molecule has 0 saturated heterocycles. The average molecular weight is 344 g/mol. The Morgan fingerprint density at radius 2 is 1.27 bits per heavy atom. The monoisotopic (exact) mass is 344 g/mol. The van der Waals surface area contributed by atoms with Crippen LogP contribution in [0.4, 0.5) is 0 Å². The van der Waals surface area contributed by atoms with Crippen molar-refractivity contribution in [3.8, 4) is 0 Å². The van der Waals surface area contributed by atoms with E-state index in [0.717, 1.165) is 64.2 Å². The molecule has 0 aromatic rings. The van der Waals surface area contributed by atoms with Gasteiger partial charge in [0.25, 0.3) is 0 Å². The first-order valence-corrected chi connectivity index (χ1v) is 9.97. The Kier molecular flexibility index (Phi) is 17.6. The van der Waals surface area contributed by atoms with Crippen molar-refractivity contribution >= 4 is 10.1 Å². The third-order valence-corrected chi connectivity index (χ3v) is 5.22. The van der Waals surface area contributed by atoms with Crippen LogP contribution in [-0.4, -0.2) is 29.4 Å². The van der Waals surface area contributed by atoms with Gasteiger partial charge >= 0.3 is 29.6 Å². The molecule has 0 saturated carbocycles. The zero-order valence-corrected chi connectivity index (χ0v) is 17.5. The van der Waals surface area contributed by atoms with Gasteiger partial charge in [-0.1, -0.05) is 64.7 Å². The summed E-state index contributed by atoms with van der Waals surface area (Å²) in [6.07, 6.45) is 10.7. The molecule has 0 radical (unpaired) electrons. The topological polar surface area (TPSA) is 77.4 Å². The summed E-state index contributed by atoms with van der Waals surface area (Å²) in [6, 6.07) is 0. The molecular weight excluding hydrogens is 311 g/mol. The Bertz CT molecular complexity index is 331. The maximum atomic E-state index is 11.2. The fraction of sp³-hybridized carbons (Fsp3) is 1.00. The number of aliphatic hydroxyl groups is 1.